The number of piperazine rings is 1. The summed E-state index contributed by atoms with van der Waals surface area (Å²) in [4.78, 5) is 46.9. The molecular formula is C26H28N4O4S3. The molecule has 2 aromatic heterocycles. The number of nitrogens with zero attached hydrogens (tertiary/aromatic N) is 3. The molecule has 3 aromatic rings. The number of aromatic nitrogens is 1. The number of nitrogens with one attached hydrogen (secondary N) is 1. The first kappa shape index (κ1) is 26.9. The zero-order valence-electron chi connectivity index (χ0n) is 20.9. The lowest BCUT2D eigenvalue weighted by Gasteiger charge is -2.41. The van der Waals surface area contributed by atoms with E-state index in [9.17, 15) is 14.4 Å². The molecule has 4 rings (SSSR count). The number of thiophene rings is 1. The molecule has 1 fully saturated rings. The first-order valence-electron chi connectivity index (χ1n) is 11.7. The third-order valence-corrected chi connectivity index (χ3v) is 8.98. The number of ether oxygens (including phenoxy) is 1. The van der Waals surface area contributed by atoms with Crippen LogP contribution < -0.4 is 10.1 Å². The van der Waals surface area contributed by atoms with E-state index in [0.29, 0.717) is 41.6 Å². The summed E-state index contributed by atoms with van der Waals surface area (Å²) in [7, 11) is 1.56. The SMILES string of the molecule is C=CC(=O)N1CCN(C(=O)c2cc(Sc3cnc(NC(=O)c4ccsc4)s3)c(C)cc2OC)C[C@H]1CC. The molecule has 8 nitrogen and oxygen atoms in total. The van der Waals surface area contributed by atoms with Crippen LogP contribution in [-0.2, 0) is 4.79 Å². The first-order chi connectivity index (χ1) is 17.8. The summed E-state index contributed by atoms with van der Waals surface area (Å²) in [6.07, 6.45) is 3.78. The zero-order chi connectivity index (χ0) is 26.5. The van der Waals surface area contributed by atoms with Gasteiger partial charge < -0.3 is 14.5 Å². The molecule has 0 unspecified atom stereocenters. The van der Waals surface area contributed by atoms with Crippen molar-refractivity contribution < 1.29 is 19.1 Å². The highest BCUT2D eigenvalue weighted by Crippen LogP contribution is 2.38. The number of carbonyl (C=O) groups is 3. The standard InChI is InChI=1S/C26H28N4O4S3/c1-5-18-14-29(8-9-30(18)22(31)6-2)25(33)19-12-21(16(3)11-20(19)34-4)36-23-13-27-26(37-23)28-24(32)17-7-10-35-15-17/h6-7,10-13,15,18H,2,5,8-9,14H2,1,3-4H3,(H,27,28,32)/t18-/m1/s1. The van der Waals surface area contributed by atoms with Crippen LogP contribution in [0.1, 0.15) is 39.6 Å². The molecule has 37 heavy (non-hydrogen) atoms. The van der Waals surface area contributed by atoms with Crippen molar-refractivity contribution in [3.63, 3.8) is 0 Å². The molecule has 1 aliphatic rings. The maximum absolute atomic E-state index is 13.6. The number of anilines is 1. The second-order valence-electron chi connectivity index (χ2n) is 8.42. The Hall–Kier alpha value is -3.15. The molecule has 1 aromatic carbocycles. The van der Waals surface area contributed by atoms with Crippen molar-refractivity contribution in [2.75, 3.05) is 32.1 Å². The van der Waals surface area contributed by atoms with E-state index in [1.807, 2.05) is 31.4 Å². The molecule has 0 radical (unpaired) electrons. The molecule has 11 heteroatoms. The summed E-state index contributed by atoms with van der Waals surface area (Å²) in [6.45, 7) is 8.93. The Bertz CT molecular complexity index is 1310. The molecule has 0 saturated carbocycles. The number of methoxy groups -OCH3 is 1. The number of benzene rings is 1. The lowest BCUT2D eigenvalue weighted by molar-refractivity contribution is -0.130. The highest BCUT2D eigenvalue weighted by Gasteiger charge is 2.32. The number of hydrogen-bond acceptors (Lipinski definition) is 8. The highest BCUT2D eigenvalue weighted by molar-refractivity contribution is 8.01. The molecule has 0 aliphatic carbocycles. The first-order valence-corrected chi connectivity index (χ1v) is 14.3. The molecule has 0 bridgehead atoms. The summed E-state index contributed by atoms with van der Waals surface area (Å²) < 4.78 is 6.45. The molecule has 1 N–H and O–H groups in total. The fraction of sp³-hybridized carbons (Fsp3) is 0.308. The average molecular weight is 557 g/mol. The number of amides is 3. The van der Waals surface area contributed by atoms with Crippen LogP contribution in [0.5, 0.6) is 5.75 Å². The fourth-order valence-electron chi connectivity index (χ4n) is 4.11. The number of carbonyl (C=O) groups excluding carboxylic acids is 3. The lowest BCUT2D eigenvalue weighted by Crippen LogP contribution is -2.56. The predicted molar refractivity (Wildman–Crippen MR) is 148 cm³/mol. The minimum Gasteiger partial charge on any atom is -0.496 e. The zero-order valence-corrected chi connectivity index (χ0v) is 23.3. The van der Waals surface area contributed by atoms with E-state index in [1.54, 1.807) is 34.6 Å². The number of hydrogen-bond donors (Lipinski definition) is 1. The molecule has 3 amide bonds. The van der Waals surface area contributed by atoms with E-state index < -0.39 is 0 Å². The second kappa shape index (κ2) is 11.9. The van der Waals surface area contributed by atoms with Gasteiger partial charge in [-0.2, -0.15) is 11.3 Å². The van der Waals surface area contributed by atoms with Gasteiger partial charge in [0, 0.05) is 36.0 Å². The smallest absolute Gasteiger partial charge is 0.258 e. The van der Waals surface area contributed by atoms with Gasteiger partial charge in [0.25, 0.3) is 11.8 Å². The molecule has 1 aliphatic heterocycles. The van der Waals surface area contributed by atoms with Gasteiger partial charge in [-0.3, -0.25) is 19.7 Å². The Morgan fingerprint density at radius 2 is 2.14 bits per heavy atom. The van der Waals surface area contributed by atoms with Gasteiger partial charge in [-0.25, -0.2) is 4.98 Å². The molecule has 3 heterocycles. The largest absolute Gasteiger partial charge is 0.496 e. The van der Waals surface area contributed by atoms with Gasteiger partial charge in [-0.1, -0.05) is 36.6 Å². The average Bonchev–Trinajstić information content (AvgIpc) is 3.61. The minimum absolute atomic E-state index is 0.0617. The Balaban J connectivity index is 1.51. The van der Waals surface area contributed by atoms with Crippen LogP contribution in [0.15, 0.2) is 56.9 Å². The predicted octanol–water partition coefficient (Wildman–Crippen LogP) is 5.17. The maximum atomic E-state index is 13.6. The number of thiazole rings is 1. The van der Waals surface area contributed by atoms with Crippen molar-refractivity contribution in [3.05, 3.63) is 64.5 Å². The Labute approximate surface area is 228 Å². The van der Waals surface area contributed by atoms with Crippen LogP contribution in [0.25, 0.3) is 0 Å². The Morgan fingerprint density at radius 1 is 1.32 bits per heavy atom. The van der Waals surface area contributed by atoms with E-state index in [-0.39, 0.29) is 23.8 Å². The fourth-order valence-corrected chi connectivity index (χ4v) is 6.68. The van der Waals surface area contributed by atoms with Crippen LogP contribution in [0.2, 0.25) is 0 Å². The van der Waals surface area contributed by atoms with Gasteiger partial charge in [0.05, 0.1) is 28.6 Å². The Kier molecular flexibility index (Phi) is 8.67. The maximum Gasteiger partial charge on any atom is 0.258 e. The van der Waals surface area contributed by atoms with Gasteiger partial charge in [-0.05, 0) is 48.6 Å². The van der Waals surface area contributed by atoms with E-state index in [2.05, 4.69) is 16.9 Å². The van der Waals surface area contributed by atoms with Crippen molar-refractivity contribution >= 4 is 57.3 Å². The summed E-state index contributed by atoms with van der Waals surface area (Å²) >= 11 is 4.32. The van der Waals surface area contributed by atoms with Crippen molar-refractivity contribution in [1.82, 2.24) is 14.8 Å². The monoisotopic (exact) mass is 556 g/mol. The summed E-state index contributed by atoms with van der Waals surface area (Å²) in [5, 5.41) is 6.98. The van der Waals surface area contributed by atoms with Gasteiger partial charge in [0.1, 0.15) is 5.75 Å². The van der Waals surface area contributed by atoms with Crippen molar-refractivity contribution in [2.45, 2.75) is 35.4 Å². The van der Waals surface area contributed by atoms with Crippen LogP contribution in [0.4, 0.5) is 5.13 Å². The molecule has 1 saturated heterocycles. The molecule has 1 atom stereocenters. The quantitative estimate of drug-likeness (QED) is 0.385. The lowest BCUT2D eigenvalue weighted by atomic mass is 10.1. The molecular weight excluding hydrogens is 529 g/mol. The topological polar surface area (TPSA) is 91.8 Å². The molecule has 194 valence electrons. The van der Waals surface area contributed by atoms with Crippen LogP contribution in [0, 0.1) is 6.92 Å². The van der Waals surface area contributed by atoms with Crippen molar-refractivity contribution in [3.8, 4) is 5.75 Å². The van der Waals surface area contributed by atoms with Gasteiger partial charge >= 0.3 is 0 Å². The normalized spacial score (nSPS) is 15.4. The van der Waals surface area contributed by atoms with E-state index in [1.165, 1.54) is 40.5 Å². The van der Waals surface area contributed by atoms with Crippen LogP contribution in [0.3, 0.4) is 0 Å². The van der Waals surface area contributed by atoms with E-state index in [4.69, 9.17) is 4.74 Å². The summed E-state index contributed by atoms with van der Waals surface area (Å²) in [6, 6.07) is 5.42. The van der Waals surface area contributed by atoms with Gasteiger partial charge in [0.2, 0.25) is 5.91 Å². The third-order valence-electron chi connectivity index (χ3n) is 6.13. The second-order valence-corrected chi connectivity index (χ2v) is 11.6. The minimum atomic E-state index is -0.194. The van der Waals surface area contributed by atoms with Crippen molar-refractivity contribution in [2.24, 2.45) is 0 Å². The third kappa shape index (κ3) is 6.06. The number of aryl methyl sites for hydroxylation is 1. The van der Waals surface area contributed by atoms with Crippen LogP contribution >= 0.6 is 34.4 Å². The summed E-state index contributed by atoms with van der Waals surface area (Å²) in [5.74, 6) is 0.0790. The van der Waals surface area contributed by atoms with E-state index >= 15 is 0 Å². The number of rotatable bonds is 8. The van der Waals surface area contributed by atoms with Crippen LogP contribution in [-0.4, -0.2) is 65.3 Å². The van der Waals surface area contributed by atoms with Crippen molar-refractivity contribution in [1.29, 1.82) is 0 Å². The summed E-state index contributed by atoms with van der Waals surface area (Å²) in [5.41, 5.74) is 2.04. The Morgan fingerprint density at radius 3 is 2.81 bits per heavy atom. The molecule has 0 spiro atoms. The van der Waals surface area contributed by atoms with Gasteiger partial charge in [0.15, 0.2) is 5.13 Å². The highest BCUT2D eigenvalue weighted by atomic mass is 32.2. The van der Waals surface area contributed by atoms with Gasteiger partial charge in [-0.15, -0.1) is 0 Å². The van der Waals surface area contributed by atoms with E-state index in [0.717, 1.165) is 21.1 Å².